The number of piperazine rings is 1. The lowest BCUT2D eigenvalue weighted by Crippen LogP contribution is -2.50. The predicted octanol–water partition coefficient (Wildman–Crippen LogP) is 1.48. The van der Waals surface area contributed by atoms with Gasteiger partial charge in [0.25, 0.3) is 0 Å². The summed E-state index contributed by atoms with van der Waals surface area (Å²) in [5.74, 6) is 0. The van der Waals surface area contributed by atoms with Crippen LogP contribution >= 0.6 is 0 Å². The summed E-state index contributed by atoms with van der Waals surface area (Å²) in [7, 11) is 1.92. The molecule has 1 fully saturated rings. The first-order valence-electron chi connectivity index (χ1n) is 7.90. The first kappa shape index (κ1) is 16.3. The van der Waals surface area contributed by atoms with Crippen LogP contribution in [0.25, 0.3) is 0 Å². The van der Waals surface area contributed by atoms with Crippen molar-refractivity contribution >= 4 is 5.69 Å². The van der Waals surface area contributed by atoms with Gasteiger partial charge >= 0.3 is 0 Å². The monoisotopic (exact) mass is 291 g/mol. The molecular weight excluding hydrogens is 262 g/mol. The second-order valence-corrected chi connectivity index (χ2v) is 6.39. The van der Waals surface area contributed by atoms with Gasteiger partial charge in [0.15, 0.2) is 0 Å². The summed E-state index contributed by atoms with van der Waals surface area (Å²) in [5.41, 5.74) is 2.50. The number of benzene rings is 1. The highest BCUT2D eigenvalue weighted by atomic mass is 16.3. The van der Waals surface area contributed by atoms with E-state index in [0.29, 0.717) is 0 Å². The number of likely N-dealkylation sites (N-methyl/N-ethyl adjacent to an activating group) is 1. The fourth-order valence-electron chi connectivity index (χ4n) is 2.74. The smallest absolute Gasteiger partial charge is 0.0610 e. The van der Waals surface area contributed by atoms with Crippen LogP contribution in [0.15, 0.2) is 24.3 Å². The van der Waals surface area contributed by atoms with Crippen molar-refractivity contribution in [2.24, 2.45) is 0 Å². The number of aliphatic hydroxyl groups is 1. The van der Waals surface area contributed by atoms with Crippen molar-refractivity contribution in [2.75, 3.05) is 51.3 Å². The zero-order valence-corrected chi connectivity index (χ0v) is 13.6. The molecule has 0 aliphatic carbocycles. The molecule has 1 saturated heterocycles. The maximum Gasteiger partial charge on any atom is 0.0610 e. The molecule has 1 atom stereocenters. The quantitative estimate of drug-likeness (QED) is 0.833. The standard InChI is InChI=1S/C17H29N3O/c1-15-5-4-6-16(13-15)20-11-9-19(10-12-20)8-7-17(2,14-21)18-3/h4-6,13,18,21H,7-12,14H2,1-3H3. The molecule has 2 N–H and O–H groups in total. The average Bonchev–Trinajstić information content (AvgIpc) is 2.53. The molecule has 0 saturated carbocycles. The normalized spacial score (nSPS) is 19.5. The second-order valence-electron chi connectivity index (χ2n) is 6.39. The van der Waals surface area contributed by atoms with E-state index in [1.165, 1.54) is 11.3 Å². The summed E-state index contributed by atoms with van der Waals surface area (Å²) < 4.78 is 0. The number of anilines is 1. The van der Waals surface area contributed by atoms with Crippen LogP contribution in [-0.4, -0.2) is 61.9 Å². The van der Waals surface area contributed by atoms with Crippen molar-refractivity contribution in [3.8, 4) is 0 Å². The van der Waals surface area contributed by atoms with E-state index >= 15 is 0 Å². The minimum atomic E-state index is -0.159. The van der Waals surface area contributed by atoms with Crippen molar-refractivity contribution in [1.82, 2.24) is 10.2 Å². The van der Waals surface area contributed by atoms with Gasteiger partial charge in [-0.2, -0.15) is 0 Å². The van der Waals surface area contributed by atoms with Gasteiger partial charge in [0.1, 0.15) is 0 Å². The molecule has 1 heterocycles. The van der Waals surface area contributed by atoms with Crippen molar-refractivity contribution < 1.29 is 5.11 Å². The van der Waals surface area contributed by atoms with Crippen molar-refractivity contribution in [3.05, 3.63) is 29.8 Å². The minimum Gasteiger partial charge on any atom is -0.394 e. The van der Waals surface area contributed by atoms with E-state index in [4.69, 9.17) is 0 Å². The topological polar surface area (TPSA) is 38.7 Å². The fraction of sp³-hybridized carbons (Fsp3) is 0.647. The number of nitrogens with one attached hydrogen (secondary N) is 1. The Balaban J connectivity index is 1.81. The first-order valence-corrected chi connectivity index (χ1v) is 7.90. The lowest BCUT2D eigenvalue weighted by atomic mass is 9.99. The first-order chi connectivity index (χ1) is 10.1. The molecule has 1 aromatic rings. The Morgan fingerprint density at radius 3 is 2.52 bits per heavy atom. The Kier molecular flexibility index (Phi) is 5.62. The summed E-state index contributed by atoms with van der Waals surface area (Å²) >= 11 is 0. The van der Waals surface area contributed by atoms with E-state index < -0.39 is 0 Å². The molecule has 1 unspecified atom stereocenters. The van der Waals surface area contributed by atoms with Crippen LogP contribution in [0.1, 0.15) is 18.9 Å². The largest absolute Gasteiger partial charge is 0.394 e. The van der Waals surface area contributed by atoms with Gasteiger partial charge in [0.05, 0.1) is 6.61 Å². The lowest BCUT2D eigenvalue weighted by molar-refractivity contribution is 0.149. The van der Waals surface area contributed by atoms with Gasteiger partial charge in [-0.15, -0.1) is 0 Å². The van der Waals surface area contributed by atoms with Gasteiger partial charge in [0.2, 0.25) is 0 Å². The third kappa shape index (κ3) is 4.43. The molecule has 118 valence electrons. The van der Waals surface area contributed by atoms with Crippen LogP contribution in [0.4, 0.5) is 5.69 Å². The van der Waals surface area contributed by atoms with Crippen LogP contribution in [0.5, 0.6) is 0 Å². The number of hydrogen-bond donors (Lipinski definition) is 2. The molecule has 1 aromatic carbocycles. The molecule has 1 aliphatic rings. The second kappa shape index (κ2) is 7.25. The van der Waals surface area contributed by atoms with Crippen molar-refractivity contribution in [3.63, 3.8) is 0 Å². The van der Waals surface area contributed by atoms with Gasteiger partial charge in [-0.3, -0.25) is 4.90 Å². The van der Waals surface area contributed by atoms with Gasteiger partial charge in [-0.1, -0.05) is 12.1 Å². The van der Waals surface area contributed by atoms with Crippen LogP contribution < -0.4 is 10.2 Å². The van der Waals surface area contributed by atoms with E-state index in [2.05, 4.69) is 53.2 Å². The highest BCUT2D eigenvalue weighted by molar-refractivity contribution is 5.48. The molecule has 0 bridgehead atoms. The van der Waals surface area contributed by atoms with Crippen molar-refractivity contribution in [2.45, 2.75) is 25.8 Å². The van der Waals surface area contributed by atoms with E-state index in [1.54, 1.807) is 0 Å². The van der Waals surface area contributed by atoms with Crippen LogP contribution in [-0.2, 0) is 0 Å². The van der Waals surface area contributed by atoms with E-state index in [0.717, 1.165) is 39.1 Å². The molecular formula is C17H29N3O. The van der Waals surface area contributed by atoms with E-state index in [-0.39, 0.29) is 12.1 Å². The third-order valence-corrected chi connectivity index (χ3v) is 4.67. The highest BCUT2D eigenvalue weighted by Gasteiger charge is 2.23. The Morgan fingerprint density at radius 1 is 1.24 bits per heavy atom. The molecule has 0 amide bonds. The minimum absolute atomic E-state index is 0.159. The Bertz CT molecular complexity index is 437. The molecule has 0 aromatic heterocycles. The molecule has 4 nitrogen and oxygen atoms in total. The third-order valence-electron chi connectivity index (χ3n) is 4.67. The summed E-state index contributed by atoms with van der Waals surface area (Å²) in [5, 5.41) is 12.7. The molecule has 21 heavy (non-hydrogen) atoms. The van der Waals surface area contributed by atoms with E-state index in [9.17, 15) is 5.11 Å². The van der Waals surface area contributed by atoms with Gasteiger partial charge in [0, 0.05) is 44.0 Å². The number of nitrogens with zero attached hydrogens (tertiary/aromatic N) is 2. The van der Waals surface area contributed by atoms with Gasteiger partial charge in [-0.25, -0.2) is 0 Å². The van der Waals surface area contributed by atoms with Crippen LogP contribution in [0.3, 0.4) is 0 Å². The fourth-order valence-corrected chi connectivity index (χ4v) is 2.74. The Labute approximate surface area is 128 Å². The van der Waals surface area contributed by atoms with Gasteiger partial charge in [-0.05, 0) is 45.0 Å². The highest BCUT2D eigenvalue weighted by Crippen LogP contribution is 2.18. The predicted molar refractivity (Wildman–Crippen MR) is 89.0 cm³/mol. The van der Waals surface area contributed by atoms with E-state index in [1.807, 2.05) is 7.05 Å². The van der Waals surface area contributed by atoms with Crippen LogP contribution in [0.2, 0.25) is 0 Å². The zero-order chi connectivity index (χ0) is 15.3. The Hall–Kier alpha value is -1.10. The lowest BCUT2D eigenvalue weighted by Gasteiger charge is -2.38. The molecule has 0 spiro atoms. The molecule has 2 rings (SSSR count). The summed E-state index contributed by atoms with van der Waals surface area (Å²) in [4.78, 5) is 4.96. The van der Waals surface area contributed by atoms with Crippen molar-refractivity contribution in [1.29, 1.82) is 0 Å². The number of aliphatic hydroxyl groups excluding tert-OH is 1. The molecule has 1 aliphatic heterocycles. The van der Waals surface area contributed by atoms with Crippen LogP contribution in [0, 0.1) is 6.92 Å². The number of aryl methyl sites for hydroxylation is 1. The average molecular weight is 291 g/mol. The number of hydrogen-bond acceptors (Lipinski definition) is 4. The SMILES string of the molecule is CNC(C)(CO)CCN1CCN(c2cccc(C)c2)CC1. The summed E-state index contributed by atoms with van der Waals surface area (Å²) in [6, 6.07) is 8.75. The zero-order valence-electron chi connectivity index (χ0n) is 13.6. The van der Waals surface area contributed by atoms with Gasteiger partial charge < -0.3 is 15.3 Å². The number of rotatable bonds is 6. The molecule has 0 radical (unpaired) electrons. The maximum atomic E-state index is 9.44. The maximum absolute atomic E-state index is 9.44. The Morgan fingerprint density at radius 2 is 1.95 bits per heavy atom. The summed E-state index contributed by atoms with van der Waals surface area (Å²) in [6.45, 7) is 9.81. The molecule has 4 heteroatoms. The summed E-state index contributed by atoms with van der Waals surface area (Å²) in [6.07, 6.45) is 0.977.